The molecule has 1 aliphatic carbocycles. The van der Waals surface area contributed by atoms with Crippen LogP contribution in [0.1, 0.15) is 24.0 Å². The van der Waals surface area contributed by atoms with Crippen LogP contribution in [0.15, 0.2) is 48.5 Å². The lowest BCUT2D eigenvalue weighted by atomic mass is 9.76. The standard InChI is InChI=1S/C21H21FN2O4/c22-17-9-3-4-10-18(17)28-13-15(25)12-24-19(26)21(23-20(24)27)11-5-7-14-6-1-2-8-16(14)21/h1-4,6,8-10,15,25H,5,7,11-13H2,(H,23,27)/t15-,21-/m1/s1. The molecule has 0 bridgehead atoms. The van der Waals surface area contributed by atoms with Crippen LogP contribution < -0.4 is 10.1 Å². The first-order chi connectivity index (χ1) is 13.5. The number of hydrogen-bond donors (Lipinski definition) is 2. The first kappa shape index (κ1) is 18.4. The highest BCUT2D eigenvalue weighted by Gasteiger charge is 2.54. The number of carbonyl (C=O) groups is 2. The quantitative estimate of drug-likeness (QED) is 0.776. The maximum absolute atomic E-state index is 13.6. The zero-order valence-corrected chi connectivity index (χ0v) is 15.2. The van der Waals surface area contributed by atoms with Crippen LogP contribution >= 0.6 is 0 Å². The van der Waals surface area contributed by atoms with Gasteiger partial charge in [-0.1, -0.05) is 36.4 Å². The Morgan fingerprint density at radius 2 is 1.93 bits per heavy atom. The number of halogens is 1. The van der Waals surface area contributed by atoms with E-state index in [-0.39, 0.29) is 24.8 Å². The Labute approximate surface area is 161 Å². The monoisotopic (exact) mass is 384 g/mol. The summed E-state index contributed by atoms with van der Waals surface area (Å²) in [7, 11) is 0. The number of nitrogens with zero attached hydrogens (tertiary/aromatic N) is 1. The highest BCUT2D eigenvalue weighted by molar-refractivity contribution is 6.07. The smallest absolute Gasteiger partial charge is 0.325 e. The van der Waals surface area contributed by atoms with Crippen LogP contribution in [-0.2, 0) is 16.8 Å². The van der Waals surface area contributed by atoms with E-state index in [9.17, 15) is 19.1 Å². The summed E-state index contributed by atoms with van der Waals surface area (Å²) in [4.78, 5) is 26.7. The molecule has 28 heavy (non-hydrogen) atoms. The SMILES string of the molecule is O=C1N[C@@]2(CCCc3ccccc32)C(=O)N1C[C@@H](O)COc1ccccc1F. The van der Waals surface area contributed by atoms with Crippen LogP contribution in [0.3, 0.4) is 0 Å². The fourth-order valence-electron chi connectivity index (χ4n) is 3.99. The first-order valence-electron chi connectivity index (χ1n) is 9.29. The lowest BCUT2D eigenvalue weighted by Crippen LogP contribution is -2.47. The number of β-amino-alcohol motifs (C(OH)–C–C–N with tert-alkyl or cyclic N) is 1. The molecule has 2 aromatic rings. The van der Waals surface area contributed by atoms with E-state index >= 15 is 0 Å². The Kier molecular flexibility index (Phi) is 4.77. The van der Waals surface area contributed by atoms with Crippen molar-refractivity contribution in [2.75, 3.05) is 13.2 Å². The minimum Gasteiger partial charge on any atom is -0.488 e. The number of aryl methyl sites for hydroxylation is 1. The Morgan fingerprint density at radius 3 is 2.75 bits per heavy atom. The molecule has 1 aliphatic heterocycles. The van der Waals surface area contributed by atoms with Crippen molar-refractivity contribution >= 4 is 11.9 Å². The molecular formula is C21H21FN2O4. The van der Waals surface area contributed by atoms with E-state index in [4.69, 9.17) is 4.74 Å². The predicted molar refractivity (Wildman–Crippen MR) is 99.2 cm³/mol. The molecule has 0 saturated carbocycles. The zero-order chi connectivity index (χ0) is 19.7. The number of rotatable bonds is 5. The number of aliphatic hydroxyl groups excluding tert-OH is 1. The molecular weight excluding hydrogens is 363 g/mol. The molecule has 6 nitrogen and oxygen atoms in total. The van der Waals surface area contributed by atoms with E-state index in [1.54, 1.807) is 6.07 Å². The number of amides is 3. The van der Waals surface area contributed by atoms with Crippen molar-refractivity contribution in [2.24, 2.45) is 0 Å². The lowest BCUT2D eigenvalue weighted by molar-refractivity contribution is -0.133. The number of nitrogens with one attached hydrogen (secondary N) is 1. The van der Waals surface area contributed by atoms with Gasteiger partial charge in [0.15, 0.2) is 11.6 Å². The fraction of sp³-hybridized carbons (Fsp3) is 0.333. The van der Waals surface area contributed by atoms with Gasteiger partial charge in [-0.2, -0.15) is 0 Å². The normalized spacial score (nSPS) is 22.1. The molecule has 1 fully saturated rings. The Morgan fingerprint density at radius 1 is 1.18 bits per heavy atom. The van der Waals surface area contributed by atoms with Crippen LogP contribution in [-0.4, -0.2) is 41.2 Å². The van der Waals surface area contributed by atoms with Crippen molar-refractivity contribution < 1.29 is 23.8 Å². The molecule has 1 heterocycles. The summed E-state index contributed by atoms with van der Waals surface area (Å²) in [5, 5.41) is 13.1. The molecule has 0 unspecified atom stereocenters. The average molecular weight is 384 g/mol. The van der Waals surface area contributed by atoms with Gasteiger partial charge in [0.2, 0.25) is 0 Å². The number of para-hydroxylation sites is 1. The highest BCUT2D eigenvalue weighted by Crippen LogP contribution is 2.39. The van der Waals surface area contributed by atoms with Crippen LogP contribution in [0, 0.1) is 5.82 Å². The van der Waals surface area contributed by atoms with Gasteiger partial charge >= 0.3 is 6.03 Å². The van der Waals surface area contributed by atoms with Crippen LogP contribution in [0.25, 0.3) is 0 Å². The summed E-state index contributed by atoms with van der Waals surface area (Å²) in [6, 6.07) is 12.9. The van der Waals surface area contributed by atoms with E-state index in [1.165, 1.54) is 18.2 Å². The van der Waals surface area contributed by atoms with Crippen LogP contribution in [0.2, 0.25) is 0 Å². The van der Waals surface area contributed by atoms with E-state index in [0.29, 0.717) is 6.42 Å². The van der Waals surface area contributed by atoms with Gasteiger partial charge in [0, 0.05) is 0 Å². The highest BCUT2D eigenvalue weighted by atomic mass is 19.1. The minimum atomic E-state index is -1.14. The molecule has 4 rings (SSSR count). The van der Waals surface area contributed by atoms with Gasteiger partial charge in [0.05, 0.1) is 6.54 Å². The van der Waals surface area contributed by atoms with Crippen molar-refractivity contribution in [3.63, 3.8) is 0 Å². The topological polar surface area (TPSA) is 78.9 Å². The van der Waals surface area contributed by atoms with E-state index < -0.39 is 23.5 Å². The number of urea groups is 1. The number of benzene rings is 2. The average Bonchev–Trinajstić information content (AvgIpc) is 2.92. The van der Waals surface area contributed by atoms with Crippen LogP contribution in [0.5, 0.6) is 5.75 Å². The molecule has 146 valence electrons. The number of ether oxygens (including phenoxy) is 1. The maximum atomic E-state index is 13.6. The van der Waals surface area contributed by atoms with Gasteiger partial charge < -0.3 is 15.2 Å². The third-order valence-electron chi connectivity index (χ3n) is 5.31. The largest absolute Gasteiger partial charge is 0.488 e. The lowest BCUT2D eigenvalue weighted by Gasteiger charge is -2.33. The fourth-order valence-corrected chi connectivity index (χ4v) is 3.99. The number of fused-ring (bicyclic) bond motifs is 2. The summed E-state index contributed by atoms with van der Waals surface area (Å²) in [5.41, 5.74) is 0.796. The summed E-state index contributed by atoms with van der Waals surface area (Å²) < 4.78 is 18.9. The molecule has 2 N–H and O–H groups in total. The predicted octanol–water partition coefficient (Wildman–Crippen LogP) is 2.35. The molecule has 2 aromatic carbocycles. The second-order valence-corrected chi connectivity index (χ2v) is 7.16. The molecule has 2 aliphatic rings. The zero-order valence-electron chi connectivity index (χ0n) is 15.2. The van der Waals surface area contributed by atoms with Crippen molar-refractivity contribution in [3.8, 4) is 5.75 Å². The molecule has 1 saturated heterocycles. The Balaban J connectivity index is 1.47. The second kappa shape index (κ2) is 7.24. The summed E-state index contributed by atoms with van der Waals surface area (Å²) in [6.45, 7) is -0.454. The molecule has 2 atom stereocenters. The van der Waals surface area contributed by atoms with E-state index in [2.05, 4.69) is 5.32 Å². The summed E-state index contributed by atoms with van der Waals surface area (Å²) >= 11 is 0. The summed E-state index contributed by atoms with van der Waals surface area (Å²) in [5.74, 6) is -0.895. The van der Waals surface area contributed by atoms with Gasteiger partial charge in [-0.15, -0.1) is 0 Å². The second-order valence-electron chi connectivity index (χ2n) is 7.16. The van der Waals surface area contributed by atoms with Gasteiger partial charge in [0.25, 0.3) is 5.91 Å². The van der Waals surface area contributed by atoms with Crippen molar-refractivity contribution in [1.29, 1.82) is 0 Å². The molecule has 0 aromatic heterocycles. The number of aliphatic hydroxyl groups is 1. The Bertz CT molecular complexity index is 919. The molecule has 1 spiro atoms. The maximum Gasteiger partial charge on any atom is 0.325 e. The van der Waals surface area contributed by atoms with Gasteiger partial charge in [-0.05, 0) is 42.5 Å². The molecule has 7 heteroatoms. The summed E-state index contributed by atoms with van der Waals surface area (Å²) in [6.07, 6.45) is 1.03. The third-order valence-corrected chi connectivity index (χ3v) is 5.31. The Hall–Kier alpha value is -2.93. The molecule has 0 radical (unpaired) electrons. The number of carbonyl (C=O) groups excluding carboxylic acids is 2. The van der Waals surface area contributed by atoms with Crippen molar-refractivity contribution in [3.05, 3.63) is 65.5 Å². The third kappa shape index (κ3) is 3.11. The van der Waals surface area contributed by atoms with E-state index in [1.807, 2.05) is 24.3 Å². The van der Waals surface area contributed by atoms with Gasteiger partial charge in [-0.3, -0.25) is 9.69 Å². The van der Waals surface area contributed by atoms with Gasteiger partial charge in [-0.25, -0.2) is 9.18 Å². The first-order valence-corrected chi connectivity index (χ1v) is 9.29. The van der Waals surface area contributed by atoms with Crippen molar-refractivity contribution in [2.45, 2.75) is 30.9 Å². The van der Waals surface area contributed by atoms with Gasteiger partial charge in [0.1, 0.15) is 18.2 Å². The molecule has 3 amide bonds. The van der Waals surface area contributed by atoms with Crippen molar-refractivity contribution in [1.82, 2.24) is 10.2 Å². The van der Waals surface area contributed by atoms with E-state index in [0.717, 1.165) is 28.9 Å². The minimum absolute atomic E-state index is 0.0106. The van der Waals surface area contributed by atoms with Crippen LogP contribution in [0.4, 0.5) is 9.18 Å². The number of imide groups is 1. The number of hydrogen-bond acceptors (Lipinski definition) is 4.